The van der Waals surface area contributed by atoms with Crippen LogP contribution in [-0.2, 0) is 11.3 Å². The fraction of sp³-hybridized carbons (Fsp3) is 0.316. The largest absolute Gasteiger partial charge is 0.496 e. The van der Waals surface area contributed by atoms with Crippen LogP contribution in [0.3, 0.4) is 0 Å². The zero-order valence-electron chi connectivity index (χ0n) is 14.3. The second-order valence-electron chi connectivity index (χ2n) is 5.70. The van der Waals surface area contributed by atoms with Crippen molar-refractivity contribution in [3.8, 4) is 5.75 Å². The van der Waals surface area contributed by atoms with Crippen molar-refractivity contribution < 1.29 is 9.53 Å². The summed E-state index contributed by atoms with van der Waals surface area (Å²) in [6.45, 7) is 4.99. The zero-order chi connectivity index (χ0) is 17.5. The van der Waals surface area contributed by atoms with Crippen molar-refractivity contribution in [1.29, 1.82) is 0 Å². The smallest absolute Gasteiger partial charge is 0.222 e. The highest BCUT2D eigenvalue weighted by Crippen LogP contribution is 2.27. The molecule has 1 amide bonds. The number of carbonyl (C=O) groups is 1. The minimum atomic E-state index is -0.0192. The molecule has 5 heteroatoms. The van der Waals surface area contributed by atoms with E-state index in [1.165, 1.54) is 0 Å². The lowest BCUT2D eigenvalue weighted by atomic mass is 10.1. The van der Waals surface area contributed by atoms with Crippen LogP contribution in [0.2, 0.25) is 5.02 Å². The van der Waals surface area contributed by atoms with Crippen molar-refractivity contribution in [3.63, 3.8) is 0 Å². The number of amides is 1. The topological polar surface area (TPSA) is 50.4 Å². The number of hydrogen-bond acceptors (Lipinski definition) is 3. The Labute approximate surface area is 148 Å². The molecule has 0 aliphatic carbocycles. The van der Waals surface area contributed by atoms with E-state index in [1.54, 1.807) is 7.11 Å². The van der Waals surface area contributed by atoms with Gasteiger partial charge in [-0.1, -0.05) is 35.9 Å². The quantitative estimate of drug-likeness (QED) is 0.794. The van der Waals surface area contributed by atoms with E-state index < -0.39 is 0 Å². The Morgan fingerprint density at radius 1 is 1.21 bits per heavy atom. The van der Waals surface area contributed by atoms with Gasteiger partial charge in [-0.2, -0.15) is 0 Å². The summed E-state index contributed by atoms with van der Waals surface area (Å²) in [7, 11) is 1.62. The molecule has 0 unspecified atom stereocenters. The first-order chi connectivity index (χ1) is 11.5. The van der Waals surface area contributed by atoms with Gasteiger partial charge in [-0.15, -0.1) is 0 Å². The van der Waals surface area contributed by atoms with Crippen LogP contribution in [0.15, 0.2) is 36.4 Å². The molecule has 0 heterocycles. The fourth-order valence-corrected chi connectivity index (χ4v) is 2.96. The number of benzene rings is 2. The number of carbonyl (C=O) groups excluding carboxylic acids is 1. The van der Waals surface area contributed by atoms with E-state index in [4.69, 9.17) is 16.3 Å². The number of ether oxygens (including phenoxy) is 1. The molecule has 0 aliphatic heterocycles. The first kappa shape index (κ1) is 18.1. The third-order valence-corrected chi connectivity index (χ3v) is 4.05. The Kier molecular flexibility index (Phi) is 6.50. The lowest BCUT2D eigenvalue weighted by molar-refractivity contribution is -0.121. The molecule has 0 saturated heterocycles. The summed E-state index contributed by atoms with van der Waals surface area (Å²) in [5, 5.41) is 6.83. The predicted octanol–water partition coefficient (Wildman–Crippen LogP) is 4.08. The fourth-order valence-electron chi connectivity index (χ4n) is 2.57. The van der Waals surface area contributed by atoms with Gasteiger partial charge in [0.15, 0.2) is 0 Å². The maximum atomic E-state index is 12.0. The van der Waals surface area contributed by atoms with Crippen molar-refractivity contribution in [2.24, 2.45) is 0 Å². The third kappa shape index (κ3) is 4.90. The summed E-state index contributed by atoms with van der Waals surface area (Å²) < 4.78 is 5.27. The van der Waals surface area contributed by atoms with Gasteiger partial charge >= 0.3 is 0 Å². The van der Waals surface area contributed by atoms with E-state index in [2.05, 4.69) is 16.7 Å². The number of methoxy groups -OCH3 is 1. The molecular formula is C19H23ClN2O2. The molecular weight excluding hydrogens is 324 g/mol. The maximum Gasteiger partial charge on any atom is 0.222 e. The number of halogens is 1. The van der Waals surface area contributed by atoms with Crippen LogP contribution < -0.4 is 15.4 Å². The summed E-state index contributed by atoms with van der Waals surface area (Å²) in [6, 6.07) is 11.6. The van der Waals surface area contributed by atoms with E-state index in [9.17, 15) is 4.79 Å². The molecule has 0 aromatic heterocycles. The van der Waals surface area contributed by atoms with E-state index >= 15 is 0 Å². The molecule has 0 fully saturated rings. The minimum absolute atomic E-state index is 0.0192. The van der Waals surface area contributed by atoms with Crippen molar-refractivity contribution in [1.82, 2.24) is 5.32 Å². The number of para-hydroxylation sites is 1. The summed E-state index contributed by atoms with van der Waals surface area (Å²) in [4.78, 5) is 12.0. The van der Waals surface area contributed by atoms with E-state index in [-0.39, 0.29) is 5.91 Å². The van der Waals surface area contributed by atoms with Gasteiger partial charge in [0, 0.05) is 25.1 Å². The number of anilines is 1. The van der Waals surface area contributed by atoms with E-state index in [0.717, 1.165) is 28.1 Å². The second-order valence-corrected chi connectivity index (χ2v) is 6.11. The SMILES string of the molecule is COc1ccccc1CNC(=O)CCNc1c(C)cc(C)cc1Cl. The van der Waals surface area contributed by atoms with Gasteiger partial charge in [0.1, 0.15) is 5.75 Å². The molecule has 2 N–H and O–H groups in total. The number of aryl methyl sites for hydroxylation is 2. The summed E-state index contributed by atoms with van der Waals surface area (Å²) in [5.41, 5.74) is 4.05. The first-order valence-corrected chi connectivity index (χ1v) is 8.28. The summed E-state index contributed by atoms with van der Waals surface area (Å²) in [6.07, 6.45) is 0.374. The van der Waals surface area contributed by atoms with Crippen LogP contribution in [0.25, 0.3) is 0 Å². The molecule has 0 radical (unpaired) electrons. The van der Waals surface area contributed by atoms with Gasteiger partial charge in [-0.05, 0) is 37.1 Å². The van der Waals surface area contributed by atoms with Gasteiger partial charge in [0.2, 0.25) is 5.91 Å². The van der Waals surface area contributed by atoms with Crippen molar-refractivity contribution in [2.75, 3.05) is 19.0 Å². The molecule has 0 bridgehead atoms. The molecule has 128 valence electrons. The molecule has 4 nitrogen and oxygen atoms in total. The van der Waals surface area contributed by atoms with Gasteiger partial charge < -0.3 is 15.4 Å². The third-order valence-electron chi connectivity index (χ3n) is 3.75. The lowest BCUT2D eigenvalue weighted by Crippen LogP contribution is -2.25. The lowest BCUT2D eigenvalue weighted by Gasteiger charge is -2.13. The number of nitrogens with one attached hydrogen (secondary N) is 2. The van der Waals surface area contributed by atoms with Crippen LogP contribution in [-0.4, -0.2) is 19.6 Å². The van der Waals surface area contributed by atoms with Crippen molar-refractivity contribution >= 4 is 23.2 Å². The Bertz CT molecular complexity index is 693. The van der Waals surface area contributed by atoms with Gasteiger partial charge in [0.25, 0.3) is 0 Å². The summed E-state index contributed by atoms with van der Waals surface area (Å²) in [5.74, 6) is 0.757. The maximum absolute atomic E-state index is 12.0. The zero-order valence-corrected chi connectivity index (χ0v) is 15.0. The average Bonchev–Trinajstić information content (AvgIpc) is 2.55. The van der Waals surface area contributed by atoms with E-state index in [0.29, 0.717) is 24.5 Å². The minimum Gasteiger partial charge on any atom is -0.496 e. The molecule has 0 saturated carbocycles. The predicted molar refractivity (Wildman–Crippen MR) is 98.9 cm³/mol. The molecule has 0 aliphatic rings. The molecule has 2 aromatic carbocycles. The Hall–Kier alpha value is -2.20. The van der Waals surface area contributed by atoms with Crippen LogP contribution in [0, 0.1) is 13.8 Å². The Morgan fingerprint density at radius 3 is 2.67 bits per heavy atom. The highest BCUT2D eigenvalue weighted by Gasteiger charge is 2.07. The van der Waals surface area contributed by atoms with Crippen LogP contribution in [0.1, 0.15) is 23.1 Å². The monoisotopic (exact) mass is 346 g/mol. The Morgan fingerprint density at radius 2 is 1.96 bits per heavy atom. The standard InChI is InChI=1S/C19H23ClN2O2/c1-13-10-14(2)19(16(20)11-13)21-9-8-18(23)22-12-15-6-4-5-7-17(15)24-3/h4-7,10-11,21H,8-9,12H2,1-3H3,(H,22,23). The van der Waals surface area contributed by atoms with Gasteiger partial charge in [-0.25, -0.2) is 0 Å². The van der Waals surface area contributed by atoms with Gasteiger partial charge in [0.05, 0.1) is 17.8 Å². The normalized spacial score (nSPS) is 10.3. The first-order valence-electron chi connectivity index (χ1n) is 7.90. The molecule has 2 rings (SSSR count). The van der Waals surface area contributed by atoms with Crippen molar-refractivity contribution in [3.05, 3.63) is 58.1 Å². The number of hydrogen-bond donors (Lipinski definition) is 2. The second kappa shape index (κ2) is 8.60. The van der Waals surface area contributed by atoms with Crippen LogP contribution in [0.5, 0.6) is 5.75 Å². The van der Waals surface area contributed by atoms with Crippen LogP contribution >= 0.6 is 11.6 Å². The molecule has 0 spiro atoms. The van der Waals surface area contributed by atoms with Crippen molar-refractivity contribution in [2.45, 2.75) is 26.8 Å². The van der Waals surface area contributed by atoms with Gasteiger partial charge in [-0.3, -0.25) is 4.79 Å². The molecule has 0 atom stereocenters. The average molecular weight is 347 g/mol. The highest BCUT2D eigenvalue weighted by atomic mass is 35.5. The Balaban J connectivity index is 1.82. The molecule has 2 aromatic rings. The highest BCUT2D eigenvalue weighted by molar-refractivity contribution is 6.33. The number of rotatable bonds is 7. The summed E-state index contributed by atoms with van der Waals surface area (Å²) >= 11 is 6.25. The molecule has 24 heavy (non-hydrogen) atoms. The van der Waals surface area contributed by atoms with Crippen LogP contribution in [0.4, 0.5) is 5.69 Å². The van der Waals surface area contributed by atoms with E-state index in [1.807, 2.05) is 44.2 Å².